The standard InChI is InChI=1S/C19H32O5/c1-4-16(12-21-10-7-11-22-18(20)15(2)3)17-13-23-19(24-14-17)8-5-6-9-19/h16-17H,2,4-14H2,1,3H3. The van der Waals surface area contributed by atoms with E-state index >= 15 is 0 Å². The van der Waals surface area contributed by atoms with Gasteiger partial charge in [-0.1, -0.05) is 19.9 Å². The molecule has 2 aliphatic rings. The molecule has 2 rings (SSSR count). The molecule has 1 saturated heterocycles. The molecule has 0 aromatic carbocycles. The van der Waals surface area contributed by atoms with Crippen molar-refractivity contribution in [2.24, 2.45) is 11.8 Å². The van der Waals surface area contributed by atoms with Crippen molar-refractivity contribution in [1.82, 2.24) is 0 Å². The van der Waals surface area contributed by atoms with Crippen molar-refractivity contribution in [2.45, 2.75) is 58.2 Å². The summed E-state index contributed by atoms with van der Waals surface area (Å²) in [5.41, 5.74) is 0.430. The lowest BCUT2D eigenvalue weighted by Gasteiger charge is -2.40. The molecule has 1 atom stereocenters. The molecule has 2 fully saturated rings. The molecule has 0 bridgehead atoms. The van der Waals surface area contributed by atoms with E-state index in [4.69, 9.17) is 18.9 Å². The van der Waals surface area contributed by atoms with Crippen LogP contribution in [0.15, 0.2) is 12.2 Å². The number of carbonyl (C=O) groups excluding carboxylic acids is 1. The first-order valence-corrected chi connectivity index (χ1v) is 9.24. The third kappa shape index (κ3) is 5.57. The quantitative estimate of drug-likeness (QED) is 0.365. The van der Waals surface area contributed by atoms with Gasteiger partial charge in [-0.15, -0.1) is 0 Å². The molecular weight excluding hydrogens is 308 g/mol. The molecule has 1 aliphatic carbocycles. The third-order valence-corrected chi connectivity index (χ3v) is 5.02. The van der Waals surface area contributed by atoms with Gasteiger partial charge in [0.25, 0.3) is 0 Å². The Morgan fingerprint density at radius 3 is 2.50 bits per heavy atom. The van der Waals surface area contributed by atoms with E-state index in [1.807, 2.05) is 0 Å². The van der Waals surface area contributed by atoms with E-state index in [1.54, 1.807) is 6.92 Å². The largest absolute Gasteiger partial charge is 0.462 e. The van der Waals surface area contributed by atoms with Crippen LogP contribution in [0.2, 0.25) is 0 Å². The Bertz CT molecular complexity index is 404. The Morgan fingerprint density at radius 1 is 1.25 bits per heavy atom. The van der Waals surface area contributed by atoms with Gasteiger partial charge in [-0.05, 0) is 25.7 Å². The Hall–Kier alpha value is -0.910. The predicted molar refractivity (Wildman–Crippen MR) is 91.6 cm³/mol. The molecule has 0 aromatic heterocycles. The summed E-state index contributed by atoms with van der Waals surface area (Å²) < 4.78 is 23.0. The summed E-state index contributed by atoms with van der Waals surface area (Å²) in [7, 11) is 0. The molecule has 1 saturated carbocycles. The van der Waals surface area contributed by atoms with Crippen molar-refractivity contribution < 1.29 is 23.7 Å². The van der Waals surface area contributed by atoms with Crippen molar-refractivity contribution in [2.75, 3.05) is 33.0 Å². The maximum absolute atomic E-state index is 11.3. The van der Waals surface area contributed by atoms with Crippen molar-refractivity contribution in [1.29, 1.82) is 0 Å². The second-order valence-corrected chi connectivity index (χ2v) is 7.01. The summed E-state index contributed by atoms with van der Waals surface area (Å²) in [5, 5.41) is 0. The minimum Gasteiger partial charge on any atom is -0.462 e. The maximum atomic E-state index is 11.3. The van der Waals surface area contributed by atoms with Gasteiger partial charge >= 0.3 is 5.97 Å². The van der Waals surface area contributed by atoms with E-state index < -0.39 is 0 Å². The smallest absolute Gasteiger partial charge is 0.333 e. The molecule has 138 valence electrons. The molecule has 1 unspecified atom stereocenters. The summed E-state index contributed by atoms with van der Waals surface area (Å²) in [6.07, 6.45) is 6.25. The van der Waals surface area contributed by atoms with Crippen LogP contribution in [0.5, 0.6) is 0 Å². The number of carbonyl (C=O) groups is 1. The average molecular weight is 340 g/mol. The summed E-state index contributed by atoms with van der Waals surface area (Å²) >= 11 is 0. The van der Waals surface area contributed by atoms with E-state index in [-0.39, 0.29) is 11.8 Å². The zero-order valence-corrected chi connectivity index (χ0v) is 15.2. The predicted octanol–water partition coefficient (Wildman–Crippen LogP) is 3.47. The Balaban J connectivity index is 1.59. The number of hydrogen-bond acceptors (Lipinski definition) is 5. The number of ether oxygens (including phenoxy) is 4. The number of rotatable bonds is 9. The van der Waals surface area contributed by atoms with Gasteiger partial charge in [-0.2, -0.15) is 0 Å². The van der Waals surface area contributed by atoms with Crippen LogP contribution in [0.4, 0.5) is 0 Å². The molecule has 0 N–H and O–H groups in total. The lowest BCUT2D eigenvalue weighted by Crippen LogP contribution is -2.44. The van der Waals surface area contributed by atoms with E-state index in [0.29, 0.717) is 43.7 Å². The van der Waals surface area contributed by atoms with Crippen molar-refractivity contribution in [3.05, 3.63) is 12.2 Å². The van der Waals surface area contributed by atoms with Gasteiger partial charge in [0.1, 0.15) is 0 Å². The summed E-state index contributed by atoms with van der Waals surface area (Å²) in [6, 6.07) is 0. The normalized spacial score (nSPS) is 21.8. The molecule has 0 radical (unpaired) electrons. The van der Waals surface area contributed by atoms with Gasteiger partial charge in [-0.25, -0.2) is 4.79 Å². The van der Waals surface area contributed by atoms with Crippen LogP contribution >= 0.6 is 0 Å². The summed E-state index contributed by atoms with van der Waals surface area (Å²) in [5.74, 6) is 0.242. The maximum Gasteiger partial charge on any atom is 0.333 e. The van der Waals surface area contributed by atoms with Gasteiger partial charge in [-0.3, -0.25) is 0 Å². The van der Waals surface area contributed by atoms with E-state index in [2.05, 4.69) is 13.5 Å². The second kappa shape index (κ2) is 9.54. The van der Waals surface area contributed by atoms with Gasteiger partial charge in [0, 0.05) is 44.0 Å². The van der Waals surface area contributed by atoms with Crippen molar-refractivity contribution >= 4 is 5.97 Å². The van der Waals surface area contributed by atoms with Crippen molar-refractivity contribution in [3.63, 3.8) is 0 Å². The van der Waals surface area contributed by atoms with E-state index in [0.717, 1.165) is 32.5 Å². The molecule has 5 nitrogen and oxygen atoms in total. The van der Waals surface area contributed by atoms with Crippen LogP contribution in [0.25, 0.3) is 0 Å². The zero-order valence-electron chi connectivity index (χ0n) is 15.2. The van der Waals surface area contributed by atoms with Gasteiger partial charge in [0.05, 0.1) is 19.8 Å². The minimum absolute atomic E-state index is 0.275. The molecule has 0 amide bonds. The Morgan fingerprint density at radius 2 is 1.92 bits per heavy atom. The number of hydrogen-bond donors (Lipinski definition) is 0. The van der Waals surface area contributed by atoms with Crippen LogP contribution in [-0.2, 0) is 23.7 Å². The van der Waals surface area contributed by atoms with Crippen LogP contribution in [0.3, 0.4) is 0 Å². The van der Waals surface area contributed by atoms with Gasteiger partial charge in [0.15, 0.2) is 5.79 Å². The highest BCUT2D eigenvalue weighted by Crippen LogP contribution is 2.39. The first kappa shape index (κ1) is 19.4. The Kier molecular flexibility index (Phi) is 7.72. The fourth-order valence-electron chi connectivity index (χ4n) is 3.35. The molecule has 1 heterocycles. The molecule has 5 heteroatoms. The first-order valence-electron chi connectivity index (χ1n) is 9.24. The van der Waals surface area contributed by atoms with Crippen LogP contribution in [-0.4, -0.2) is 44.8 Å². The van der Waals surface area contributed by atoms with E-state index in [9.17, 15) is 4.79 Å². The highest BCUT2D eigenvalue weighted by atomic mass is 16.7. The topological polar surface area (TPSA) is 54.0 Å². The van der Waals surface area contributed by atoms with Crippen LogP contribution < -0.4 is 0 Å². The fourth-order valence-corrected chi connectivity index (χ4v) is 3.35. The zero-order chi connectivity index (χ0) is 17.4. The minimum atomic E-state index is -0.334. The molecule has 1 aliphatic heterocycles. The Labute approximate surface area is 145 Å². The molecular formula is C19H32O5. The van der Waals surface area contributed by atoms with Gasteiger partial charge < -0.3 is 18.9 Å². The average Bonchev–Trinajstić information content (AvgIpc) is 3.03. The SMILES string of the molecule is C=C(C)C(=O)OCCCOCC(CC)C1COC2(CCCC2)OC1. The lowest BCUT2D eigenvalue weighted by molar-refractivity contribution is -0.285. The first-order chi connectivity index (χ1) is 11.6. The monoisotopic (exact) mass is 340 g/mol. The highest BCUT2D eigenvalue weighted by molar-refractivity contribution is 5.86. The number of esters is 1. The molecule has 0 aromatic rings. The second-order valence-electron chi connectivity index (χ2n) is 7.01. The molecule has 24 heavy (non-hydrogen) atoms. The van der Waals surface area contributed by atoms with E-state index in [1.165, 1.54) is 12.8 Å². The van der Waals surface area contributed by atoms with Crippen molar-refractivity contribution in [3.8, 4) is 0 Å². The summed E-state index contributed by atoms with van der Waals surface area (Å²) in [4.78, 5) is 11.3. The van der Waals surface area contributed by atoms with Crippen LogP contribution in [0.1, 0.15) is 52.4 Å². The lowest BCUT2D eigenvalue weighted by atomic mass is 9.91. The fraction of sp³-hybridized carbons (Fsp3) is 0.842. The molecule has 1 spiro atoms. The highest BCUT2D eigenvalue weighted by Gasteiger charge is 2.41. The summed E-state index contributed by atoms with van der Waals surface area (Å²) in [6.45, 7) is 10.6. The van der Waals surface area contributed by atoms with Gasteiger partial charge in [0.2, 0.25) is 0 Å². The third-order valence-electron chi connectivity index (χ3n) is 5.02. The van der Waals surface area contributed by atoms with Crippen LogP contribution in [0, 0.1) is 11.8 Å².